The Kier molecular flexibility index (Phi) is 5.18. The van der Waals surface area contributed by atoms with Crippen LogP contribution in [0, 0.1) is 0 Å². The SMILES string of the molecule is C[N-]Cc1nc(-c2nc(C(C)=O)cs2)co1.[W]. The van der Waals surface area contributed by atoms with Crippen molar-refractivity contribution < 1.29 is 30.3 Å². The largest absolute Gasteiger partial charge is 0.657 e. The van der Waals surface area contributed by atoms with Crippen molar-refractivity contribution in [3.8, 4) is 10.7 Å². The Bertz CT molecular complexity index is 509. The maximum absolute atomic E-state index is 11.1. The number of ketones is 1. The van der Waals surface area contributed by atoms with Gasteiger partial charge >= 0.3 is 0 Å². The molecule has 0 saturated heterocycles. The summed E-state index contributed by atoms with van der Waals surface area (Å²) in [6.07, 6.45) is 1.53. The zero-order valence-corrected chi connectivity index (χ0v) is 13.1. The Morgan fingerprint density at radius 3 is 2.88 bits per heavy atom. The van der Waals surface area contributed by atoms with Crippen molar-refractivity contribution >= 4 is 17.1 Å². The number of rotatable bonds is 4. The van der Waals surface area contributed by atoms with Crippen molar-refractivity contribution in [2.75, 3.05) is 7.05 Å². The van der Waals surface area contributed by atoms with Crippen LogP contribution in [-0.4, -0.2) is 22.8 Å². The number of oxazole rings is 1. The van der Waals surface area contributed by atoms with Gasteiger partial charge in [-0.1, -0.05) is 6.54 Å². The topological polar surface area (TPSA) is 70.1 Å². The number of carbonyl (C=O) groups excluding carboxylic acids is 1. The van der Waals surface area contributed by atoms with Crippen molar-refractivity contribution in [1.29, 1.82) is 0 Å². The number of hydrogen-bond acceptors (Lipinski definition) is 5. The van der Waals surface area contributed by atoms with Crippen LogP contribution in [0.25, 0.3) is 16.0 Å². The van der Waals surface area contributed by atoms with E-state index >= 15 is 0 Å². The van der Waals surface area contributed by atoms with Crippen molar-refractivity contribution in [2.45, 2.75) is 13.5 Å². The Hall–Kier alpha value is -0.842. The summed E-state index contributed by atoms with van der Waals surface area (Å²) in [5.74, 6) is 0.506. The minimum Gasteiger partial charge on any atom is -0.657 e. The molecule has 0 aliphatic heterocycles. The summed E-state index contributed by atoms with van der Waals surface area (Å²) in [7, 11) is 1.70. The minimum atomic E-state index is -0.0465. The van der Waals surface area contributed by atoms with Crippen molar-refractivity contribution in [1.82, 2.24) is 9.97 Å². The summed E-state index contributed by atoms with van der Waals surface area (Å²) in [5, 5.41) is 6.33. The smallest absolute Gasteiger partial charge is 0.178 e. The summed E-state index contributed by atoms with van der Waals surface area (Å²) in [6, 6.07) is 0. The molecule has 90 valence electrons. The molecule has 0 aliphatic rings. The van der Waals surface area contributed by atoms with Gasteiger partial charge < -0.3 is 9.73 Å². The normalized spacial score (nSPS) is 10.0. The second-order valence-corrected chi connectivity index (χ2v) is 4.05. The Morgan fingerprint density at radius 2 is 2.29 bits per heavy atom. The van der Waals surface area contributed by atoms with E-state index in [4.69, 9.17) is 4.42 Å². The zero-order chi connectivity index (χ0) is 11.5. The van der Waals surface area contributed by atoms with Gasteiger partial charge in [-0.05, 0) is 0 Å². The number of aromatic nitrogens is 2. The fraction of sp³-hybridized carbons (Fsp3) is 0.300. The molecule has 5 nitrogen and oxygen atoms in total. The van der Waals surface area contributed by atoms with E-state index in [-0.39, 0.29) is 26.8 Å². The fourth-order valence-electron chi connectivity index (χ4n) is 1.17. The zero-order valence-electron chi connectivity index (χ0n) is 9.34. The van der Waals surface area contributed by atoms with Crippen LogP contribution < -0.4 is 0 Å². The summed E-state index contributed by atoms with van der Waals surface area (Å²) in [4.78, 5) is 19.5. The van der Waals surface area contributed by atoms with Gasteiger partial charge in [0.1, 0.15) is 22.7 Å². The summed E-state index contributed by atoms with van der Waals surface area (Å²) in [6.45, 7) is 1.94. The van der Waals surface area contributed by atoms with Gasteiger partial charge in [0.15, 0.2) is 11.7 Å². The Labute approximate surface area is 117 Å². The minimum absolute atomic E-state index is 0. The van der Waals surface area contributed by atoms with Crippen molar-refractivity contribution in [2.24, 2.45) is 0 Å². The van der Waals surface area contributed by atoms with Gasteiger partial charge in [-0.2, -0.15) is 7.05 Å². The maximum Gasteiger partial charge on any atom is 0.178 e. The third-order valence-electron chi connectivity index (χ3n) is 1.93. The van der Waals surface area contributed by atoms with E-state index in [0.29, 0.717) is 28.8 Å². The monoisotopic (exact) mass is 420 g/mol. The van der Waals surface area contributed by atoms with E-state index in [0.717, 1.165) is 0 Å². The molecule has 0 amide bonds. The van der Waals surface area contributed by atoms with E-state index < -0.39 is 0 Å². The molecule has 17 heavy (non-hydrogen) atoms. The molecule has 0 aliphatic carbocycles. The van der Waals surface area contributed by atoms with Crippen LogP contribution in [0.5, 0.6) is 0 Å². The maximum atomic E-state index is 11.1. The predicted molar refractivity (Wildman–Crippen MR) is 60.6 cm³/mol. The first-order valence-electron chi connectivity index (χ1n) is 4.67. The standard InChI is InChI=1S/C10H10N3O2S.W/c1-6(14)8-5-16-10(13-8)7-4-15-9(12-7)3-11-2;/h4-5H,3H2,1-2H3;/q-1;. The van der Waals surface area contributed by atoms with Gasteiger partial charge in [0, 0.05) is 33.4 Å². The first-order chi connectivity index (χ1) is 7.70. The number of nitrogens with zero attached hydrogens (tertiary/aromatic N) is 3. The van der Waals surface area contributed by atoms with Crippen molar-refractivity contribution in [3.63, 3.8) is 0 Å². The fourth-order valence-corrected chi connectivity index (χ4v) is 1.98. The van der Waals surface area contributed by atoms with E-state index in [1.807, 2.05) is 0 Å². The Morgan fingerprint density at radius 1 is 1.53 bits per heavy atom. The van der Waals surface area contributed by atoms with E-state index in [2.05, 4.69) is 15.3 Å². The third-order valence-corrected chi connectivity index (χ3v) is 2.79. The number of hydrogen-bond donors (Lipinski definition) is 0. The molecule has 0 spiro atoms. The summed E-state index contributed by atoms with van der Waals surface area (Å²) >= 11 is 1.38. The molecular weight excluding hydrogens is 410 g/mol. The van der Waals surface area contributed by atoms with Crippen molar-refractivity contribution in [3.05, 3.63) is 28.5 Å². The molecule has 2 heterocycles. The van der Waals surface area contributed by atoms with Crippen LogP contribution in [0.3, 0.4) is 0 Å². The van der Waals surface area contributed by atoms with Gasteiger partial charge in [0.2, 0.25) is 0 Å². The molecule has 0 saturated carbocycles. The quantitative estimate of drug-likeness (QED) is 0.714. The number of Topliss-reactive ketones (excluding diaryl/α,β-unsaturated/α-hetero) is 1. The van der Waals surface area contributed by atoms with Crippen LogP contribution in [0.1, 0.15) is 23.3 Å². The molecular formula is C10H10N3O2SW-. The molecule has 0 unspecified atom stereocenters. The number of carbonyl (C=O) groups is 1. The first kappa shape index (κ1) is 14.2. The van der Waals surface area contributed by atoms with Crippen LogP contribution in [0.2, 0.25) is 0 Å². The summed E-state index contributed by atoms with van der Waals surface area (Å²) in [5.41, 5.74) is 1.11. The first-order valence-corrected chi connectivity index (χ1v) is 5.55. The van der Waals surface area contributed by atoms with Crippen LogP contribution >= 0.6 is 11.3 Å². The molecule has 0 atom stereocenters. The van der Waals surface area contributed by atoms with Gasteiger partial charge in [-0.25, -0.2) is 9.97 Å². The van der Waals surface area contributed by atoms with Gasteiger partial charge in [-0.15, -0.1) is 11.3 Å². The summed E-state index contributed by atoms with van der Waals surface area (Å²) < 4.78 is 5.21. The van der Waals surface area contributed by atoms with Gasteiger partial charge in [-0.3, -0.25) is 4.79 Å². The van der Waals surface area contributed by atoms with Crippen LogP contribution in [0.15, 0.2) is 16.1 Å². The molecule has 2 rings (SSSR count). The third kappa shape index (κ3) is 3.31. The molecule has 7 heteroatoms. The molecule has 0 radical (unpaired) electrons. The predicted octanol–water partition coefficient (Wildman–Crippen LogP) is 2.50. The average Bonchev–Trinajstić information content (AvgIpc) is 2.84. The molecule has 2 aromatic heterocycles. The van der Waals surface area contributed by atoms with Gasteiger partial charge in [0.05, 0.1) is 0 Å². The average molecular weight is 420 g/mol. The molecule has 2 aromatic rings. The van der Waals surface area contributed by atoms with E-state index in [1.54, 1.807) is 12.4 Å². The molecule has 0 fully saturated rings. The molecule has 0 aromatic carbocycles. The van der Waals surface area contributed by atoms with Crippen LogP contribution in [0.4, 0.5) is 0 Å². The second kappa shape index (κ2) is 6.19. The number of thiazole rings is 1. The Balaban J connectivity index is 0.00000144. The second-order valence-electron chi connectivity index (χ2n) is 3.19. The van der Waals surface area contributed by atoms with Crippen LogP contribution in [-0.2, 0) is 27.6 Å². The van der Waals surface area contributed by atoms with E-state index in [1.165, 1.54) is 24.5 Å². The van der Waals surface area contributed by atoms with Gasteiger partial charge in [0.25, 0.3) is 0 Å². The molecule has 0 bridgehead atoms. The van der Waals surface area contributed by atoms with E-state index in [9.17, 15) is 4.79 Å². The molecule has 0 N–H and O–H groups in total.